The summed E-state index contributed by atoms with van der Waals surface area (Å²) in [4.78, 5) is 5.17. The Balaban J connectivity index is 0.00000101. The molecule has 4 heterocycles. The lowest BCUT2D eigenvalue weighted by Crippen LogP contribution is -2.67. The van der Waals surface area contributed by atoms with Gasteiger partial charge in [0.1, 0.15) is 5.75 Å². The third-order valence-corrected chi connectivity index (χ3v) is 13.4. The number of ether oxygens (including phenoxy) is 1. The summed E-state index contributed by atoms with van der Waals surface area (Å²) in [5, 5.41) is 12.4. The smallest absolute Gasteiger partial charge is 0.175 e. The van der Waals surface area contributed by atoms with Crippen molar-refractivity contribution >= 4 is 20.0 Å². The van der Waals surface area contributed by atoms with Gasteiger partial charge in [-0.3, -0.25) is 4.90 Å². The standard InChI is InChI=1S/C36H58N3O4S.CH4O3S/c1-5-7-17-36(18-8-6-2)28-44(41,42)33-16-13-30(37(3)4)27-32(33)34(35(36)40)29-11-14-31(15-12-29)43-26-10-9-22-39-23-19-38(20-24-39)21-25-39;1-5(2,3)4/h11-16,32,34-35,40H,5-10,17-28H2,1-4H3;1H3,(H,2,3,4)/q+1;/p-1/t32?,34-,35+;/m0./s1. The molecule has 1 aliphatic carbocycles. The molecule has 4 saturated heterocycles. The molecule has 278 valence electrons. The normalized spacial score (nSPS) is 28.6. The Morgan fingerprint density at radius 1 is 0.980 bits per heavy atom. The van der Waals surface area contributed by atoms with Gasteiger partial charge in [-0.1, -0.05) is 51.7 Å². The van der Waals surface area contributed by atoms with Gasteiger partial charge < -0.3 is 23.8 Å². The quantitative estimate of drug-likeness (QED) is 0.165. The Hall–Kier alpha value is -1.96. The maximum Gasteiger partial charge on any atom is 0.175 e. The van der Waals surface area contributed by atoms with Crippen LogP contribution in [0, 0.1) is 11.3 Å². The number of benzene rings is 1. The first-order chi connectivity index (χ1) is 23.1. The lowest BCUT2D eigenvalue weighted by molar-refractivity contribution is -0.941. The lowest BCUT2D eigenvalue weighted by Gasteiger charge is -2.50. The highest BCUT2D eigenvalue weighted by Gasteiger charge is 2.53. The first kappa shape index (κ1) is 39.8. The minimum Gasteiger partial charge on any atom is -0.748 e. The Morgan fingerprint density at radius 3 is 2.08 bits per heavy atom. The molecule has 0 spiro atoms. The van der Waals surface area contributed by atoms with Gasteiger partial charge in [-0.15, -0.1) is 0 Å². The second kappa shape index (κ2) is 17.0. The molecule has 10 nitrogen and oxygen atoms in total. The summed E-state index contributed by atoms with van der Waals surface area (Å²) in [7, 11) is -3.44. The molecular formula is C37H61N3O7S2. The second-order valence-corrected chi connectivity index (χ2v) is 18.5. The fourth-order valence-corrected chi connectivity index (χ4v) is 10.8. The number of rotatable bonds is 14. The van der Waals surface area contributed by atoms with E-state index >= 15 is 0 Å². The molecule has 0 saturated carbocycles. The van der Waals surface area contributed by atoms with Crippen LogP contribution < -0.4 is 4.74 Å². The van der Waals surface area contributed by atoms with Crippen LogP contribution in [0.2, 0.25) is 0 Å². The van der Waals surface area contributed by atoms with E-state index in [9.17, 15) is 13.5 Å². The highest BCUT2D eigenvalue weighted by atomic mass is 32.2. The van der Waals surface area contributed by atoms with Crippen LogP contribution in [-0.4, -0.2) is 125 Å². The number of nitrogens with zero attached hydrogens (tertiary/aromatic N) is 3. The lowest BCUT2D eigenvalue weighted by atomic mass is 9.65. The molecule has 3 atom stereocenters. The maximum absolute atomic E-state index is 14.1. The van der Waals surface area contributed by atoms with Crippen molar-refractivity contribution in [1.82, 2.24) is 9.80 Å². The number of sulfone groups is 1. The molecule has 1 N–H and O–H groups in total. The monoisotopic (exact) mass is 723 g/mol. The maximum atomic E-state index is 14.1. The third kappa shape index (κ3) is 10.5. The minimum atomic E-state index is -3.92. The van der Waals surface area contributed by atoms with Crippen molar-refractivity contribution in [3.63, 3.8) is 0 Å². The van der Waals surface area contributed by atoms with E-state index in [2.05, 4.69) is 35.8 Å². The number of hydrogen-bond acceptors (Lipinski definition) is 9. The van der Waals surface area contributed by atoms with Gasteiger partial charge in [-0.2, -0.15) is 0 Å². The fourth-order valence-electron chi connectivity index (χ4n) is 8.44. The Morgan fingerprint density at radius 2 is 1.55 bits per heavy atom. The molecule has 4 aliphatic heterocycles. The van der Waals surface area contributed by atoms with Crippen LogP contribution in [0.25, 0.3) is 0 Å². The number of piperazine rings is 3. The number of allylic oxidation sites excluding steroid dienone is 4. The zero-order chi connectivity index (χ0) is 35.9. The third-order valence-electron chi connectivity index (χ3n) is 11.3. The highest BCUT2D eigenvalue weighted by Crippen LogP contribution is 2.53. The summed E-state index contributed by atoms with van der Waals surface area (Å²) in [6, 6.07) is 8.23. The summed E-state index contributed by atoms with van der Waals surface area (Å²) >= 11 is 0. The van der Waals surface area contributed by atoms with Gasteiger partial charge >= 0.3 is 0 Å². The van der Waals surface area contributed by atoms with Crippen molar-refractivity contribution < 1.29 is 35.7 Å². The van der Waals surface area contributed by atoms with Gasteiger partial charge in [-0.25, -0.2) is 16.8 Å². The van der Waals surface area contributed by atoms with E-state index in [1.54, 1.807) is 0 Å². The molecular weight excluding hydrogens is 663 g/mol. The molecule has 1 aromatic carbocycles. The zero-order valence-electron chi connectivity index (χ0n) is 30.5. The van der Waals surface area contributed by atoms with E-state index in [-0.39, 0.29) is 17.6 Å². The first-order valence-corrected chi connectivity index (χ1v) is 21.8. The number of quaternary nitrogens is 1. The SMILES string of the molecule is CCCCC1(CCCC)CS(=O)(=O)C2=CC=C(N(C)C)CC2[C@H](c2ccc(OCCCC[N+]34CCN(CC3)CC4)cc2)[C@H]1O.CS(=O)(=O)[O-]. The number of unbranched alkanes of at least 4 members (excludes halogenated alkanes) is 3. The summed E-state index contributed by atoms with van der Waals surface area (Å²) < 4.78 is 62.9. The van der Waals surface area contributed by atoms with E-state index in [4.69, 9.17) is 17.7 Å². The van der Waals surface area contributed by atoms with Gasteiger partial charge in [0.25, 0.3) is 0 Å². The Bertz CT molecular complexity index is 1470. The highest BCUT2D eigenvalue weighted by molar-refractivity contribution is 7.95. The van der Waals surface area contributed by atoms with Crippen LogP contribution in [0.5, 0.6) is 5.75 Å². The van der Waals surface area contributed by atoms with Crippen LogP contribution in [0.4, 0.5) is 0 Å². The van der Waals surface area contributed by atoms with Crippen molar-refractivity contribution in [2.75, 3.05) is 78.5 Å². The summed E-state index contributed by atoms with van der Waals surface area (Å²) in [6.07, 6.45) is 11.8. The number of hydrogen-bond donors (Lipinski definition) is 1. The van der Waals surface area contributed by atoms with Crippen LogP contribution >= 0.6 is 0 Å². The molecule has 49 heavy (non-hydrogen) atoms. The van der Waals surface area contributed by atoms with Gasteiger partial charge in [0, 0.05) is 67.8 Å². The summed E-state index contributed by atoms with van der Waals surface area (Å²) in [6.45, 7) is 13.9. The zero-order valence-corrected chi connectivity index (χ0v) is 32.1. The number of aliphatic hydroxyl groups excluding tert-OH is 1. The van der Waals surface area contributed by atoms with Crippen molar-refractivity contribution in [3.05, 3.63) is 52.6 Å². The predicted molar refractivity (Wildman–Crippen MR) is 195 cm³/mol. The number of fused-ring (bicyclic) bond motifs is 4. The van der Waals surface area contributed by atoms with Crippen LogP contribution in [0.3, 0.4) is 0 Å². The summed E-state index contributed by atoms with van der Waals surface area (Å²) in [5.74, 6) is 0.284. The van der Waals surface area contributed by atoms with Gasteiger partial charge in [0.15, 0.2) is 9.84 Å². The van der Waals surface area contributed by atoms with Gasteiger partial charge in [0.05, 0.1) is 54.8 Å². The van der Waals surface area contributed by atoms with Crippen LogP contribution in [-0.2, 0) is 20.0 Å². The molecule has 0 aromatic heterocycles. The predicted octanol–water partition coefficient (Wildman–Crippen LogP) is 4.74. The van der Waals surface area contributed by atoms with E-state index < -0.39 is 31.5 Å². The van der Waals surface area contributed by atoms with Crippen molar-refractivity contribution in [1.29, 1.82) is 0 Å². The van der Waals surface area contributed by atoms with Crippen molar-refractivity contribution in [2.45, 2.75) is 83.7 Å². The molecule has 5 aliphatic rings. The molecule has 4 fully saturated rings. The van der Waals surface area contributed by atoms with Gasteiger partial charge in [0.2, 0.25) is 0 Å². The van der Waals surface area contributed by atoms with Crippen molar-refractivity contribution in [3.8, 4) is 5.75 Å². The van der Waals surface area contributed by atoms with Crippen LogP contribution in [0.1, 0.15) is 83.1 Å². The molecule has 0 radical (unpaired) electrons. The van der Waals surface area contributed by atoms with Crippen molar-refractivity contribution in [2.24, 2.45) is 11.3 Å². The topological polar surface area (TPSA) is 127 Å². The largest absolute Gasteiger partial charge is 0.748 e. The average molecular weight is 724 g/mol. The molecule has 2 bridgehead atoms. The fraction of sp³-hybridized carbons (Fsp3) is 0.730. The minimum absolute atomic E-state index is 0.0323. The second-order valence-electron chi connectivity index (χ2n) is 15.1. The Kier molecular flexibility index (Phi) is 13.8. The average Bonchev–Trinajstić information content (AvgIpc) is 3.13. The molecule has 6 rings (SSSR count). The molecule has 1 unspecified atom stereocenters. The Labute approximate surface area is 296 Å². The number of aliphatic hydroxyl groups is 1. The van der Waals surface area contributed by atoms with Crippen LogP contribution in [0.15, 0.2) is 47.0 Å². The summed E-state index contributed by atoms with van der Waals surface area (Å²) in [5.41, 5.74) is 1.45. The van der Waals surface area contributed by atoms with E-state index in [1.165, 1.54) is 56.7 Å². The molecule has 12 heteroatoms. The van der Waals surface area contributed by atoms with Gasteiger partial charge in [-0.05, 0) is 62.0 Å². The molecule has 0 amide bonds. The van der Waals surface area contributed by atoms with E-state index in [1.807, 2.05) is 38.4 Å². The first-order valence-electron chi connectivity index (χ1n) is 18.3. The molecule has 1 aromatic rings. The van der Waals surface area contributed by atoms with E-state index in [0.29, 0.717) is 24.2 Å². The van der Waals surface area contributed by atoms with E-state index in [0.717, 1.165) is 62.0 Å².